The van der Waals surface area contributed by atoms with Crippen molar-refractivity contribution in [3.05, 3.63) is 63.7 Å². The van der Waals surface area contributed by atoms with E-state index in [4.69, 9.17) is 4.74 Å². The van der Waals surface area contributed by atoms with Crippen molar-refractivity contribution in [1.29, 1.82) is 0 Å². The third kappa shape index (κ3) is 4.21. The number of hydrogen-bond donors (Lipinski definition) is 3. The van der Waals surface area contributed by atoms with Crippen LogP contribution in [-0.2, 0) is 27.3 Å². The Morgan fingerprint density at radius 3 is 2.30 bits per heavy atom. The topological polar surface area (TPSA) is 124 Å². The van der Waals surface area contributed by atoms with Crippen molar-refractivity contribution in [3.8, 4) is 22.6 Å². The quantitative estimate of drug-likeness (QED) is 0.296. The number of aromatic hydroxyl groups is 1. The molecule has 0 aliphatic heterocycles. The van der Waals surface area contributed by atoms with E-state index in [1.165, 1.54) is 13.0 Å². The minimum Gasteiger partial charge on any atom is -0.507 e. The maximum absolute atomic E-state index is 14.6. The second-order valence-electron chi connectivity index (χ2n) is 14.0. The Labute approximate surface area is 259 Å². The predicted octanol–water partition coefficient (Wildman–Crippen LogP) is 5.43. The van der Waals surface area contributed by atoms with E-state index in [0.717, 1.165) is 16.7 Å². The minimum atomic E-state index is -2.56. The first kappa shape index (κ1) is 31.7. The molecule has 0 bridgehead atoms. The molecule has 2 aromatic carbocycles. The van der Waals surface area contributed by atoms with E-state index < -0.39 is 45.5 Å². The summed E-state index contributed by atoms with van der Waals surface area (Å²) in [6.45, 7) is 11.3. The molecule has 1 fully saturated rings. The third-order valence-electron chi connectivity index (χ3n) is 10.2. The number of ether oxygens (including phenoxy) is 1. The largest absolute Gasteiger partial charge is 0.507 e. The van der Waals surface area contributed by atoms with Gasteiger partial charge in [0.2, 0.25) is 11.6 Å². The fourth-order valence-corrected chi connectivity index (χ4v) is 8.93. The molecule has 8 nitrogen and oxygen atoms in total. The highest BCUT2D eigenvalue weighted by Crippen LogP contribution is 2.65. The third-order valence-corrected chi connectivity index (χ3v) is 10.2. The van der Waals surface area contributed by atoms with Gasteiger partial charge < -0.3 is 25.0 Å². The molecule has 44 heavy (non-hydrogen) atoms. The SMILES string of the molecule is COc1ccc(CN(C)C)cc1-c1ccc(O)c2c1C[C@@]1(C)C[C@@]3(C)[C@H](C(C)C)C(C)=C(C(C)=O)C(=O)[C@@]3(O)C(=O)C1=C2O. The molecule has 0 amide bonds. The minimum absolute atomic E-state index is 0.0935. The number of carbonyl (C=O) groups is 3. The van der Waals surface area contributed by atoms with Crippen molar-refractivity contribution in [2.24, 2.45) is 22.7 Å². The van der Waals surface area contributed by atoms with Gasteiger partial charge in [-0.05, 0) is 87.5 Å². The summed E-state index contributed by atoms with van der Waals surface area (Å²) in [4.78, 5) is 43.4. The Hall–Kier alpha value is -3.75. The summed E-state index contributed by atoms with van der Waals surface area (Å²) in [7, 11) is 5.55. The van der Waals surface area contributed by atoms with Crippen molar-refractivity contribution < 1.29 is 34.4 Å². The Morgan fingerprint density at radius 1 is 1.07 bits per heavy atom. The number of aliphatic hydroxyl groups excluding tert-OH is 1. The molecule has 5 rings (SSSR count). The van der Waals surface area contributed by atoms with Crippen molar-refractivity contribution in [1.82, 2.24) is 4.90 Å². The Bertz CT molecular complexity index is 1680. The van der Waals surface area contributed by atoms with E-state index in [9.17, 15) is 29.7 Å². The van der Waals surface area contributed by atoms with Gasteiger partial charge in [0.15, 0.2) is 11.4 Å². The van der Waals surface area contributed by atoms with Crippen molar-refractivity contribution in [2.45, 2.75) is 66.5 Å². The van der Waals surface area contributed by atoms with Gasteiger partial charge in [0.1, 0.15) is 17.3 Å². The molecule has 4 atom stereocenters. The molecule has 0 radical (unpaired) electrons. The number of hydrogen-bond acceptors (Lipinski definition) is 8. The fourth-order valence-electron chi connectivity index (χ4n) is 8.93. The normalized spacial score (nSPS) is 28.3. The first-order valence-electron chi connectivity index (χ1n) is 15.1. The molecular formula is C36H43NO7. The van der Waals surface area contributed by atoms with Crippen LogP contribution in [0.25, 0.3) is 16.9 Å². The van der Waals surface area contributed by atoms with Gasteiger partial charge in [-0.25, -0.2) is 0 Å². The summed E-state index contributed by atoms with van der Waals surface area (Å²) in [6.07, 6.45) is 0.441. The van der Waals surface area contributed by atoms with E-state index in [2.05, 4.69) is 4.90 Å². The Morgan fingerprint density at radius 2 is 1.73 bits per heavy atom. The zero-order chi connectivity index (χ0) is 32.7. The number of methoxy groups -OCH3 is 1. The maximum atomic E-state index is 14.6. The molecule has 1 saturated carbocycles. The zero-order valence-corrected chi connectivity index (χ0v) is 27.1. The van der Waals surface area contributed by atoms with Gasteiger partial charge in [0.25, 0.3) is 0 Å². The number of phenols is 1. The highest BCUT2D eigenvalue weighted by atomic mass is 16.5. The molecule has 0 spiro atoms. The van der Waals surface area contributed by atoms with E-state index >= 15 is 0 Å². The molecule has 3 N–H and O–H groups in total. The number of Topliss-reactive ketones (excluding diaryl/α,β-unsaturated/α-hetero) is 3. The summed E-state index contributed by atoms with van der Waals surface area (Å²) in [5, 5.41) is 35.3. The highest BCUT2D eigenvalue weighted by molar-refractivity contribution is 6.33. The van der Waals surface area contributed by atoms with Crippen LogP contribution in [0.1, 0.15) is 64.7 Å². The number of fused-ring (bicyclic) bond motifs is 3. The summed E-state index contributed by atoms with van der Waals surface area (Å²) in [5.41, 5.74) is -1.17. The number of nitrogens with zero attached hydrogens (tertiary/aromatic N) is 1. The second kappa shape index (κ2) is 10.4. The van der Waals surface area contributed by atoms with Gasteiger partial charge in [0, 0.05) is 28.5 Å². The van der Waals surface area contributed by atoms with Gasteiger partial charge in [-0.2, -0.15) is 0 Å². The summed E-state index contributed by atoms with van der Waals surface area (Å²) in [5.74, 6) is -2.95. The Kier molecular flexibility index (Phi) is 7.50. The van der Waals surface area contributed by atoms with Crippen molar-refractivity contribution in [2.75, 3.05) is 21.2 Å². The summed E-state index contributed by atoms with van der Waals surface area (Å²) >= 11 is 0. The van der Waals surface area contributed by atoms with Crippen LogP contribution < -0.4 is 4.74 Å². The number of aliphatic hydroxyl groups is 2. The van der Waals surface area contributed by atoms with Crippen molar-refractivity contribution in [3.63, 3.8) is 0 Å². The smallest absolute Gasteiger partial charge is 0.206 e. The first-order chi connectivity index (χ1) is 20.4. The Balaban J connectivity index is 1.79. The lowest BCUT2D eigenvalue weighted by atomic mass is 9.42. The van der Waals surface area contributed by atoms with Crippen LogP contribution in [0.3, 0.4) is 0 Å². The molecule has 234 valence electrons. The van der Waals surface area contributed by atoms with Crippen LogP contribution in [0.5, 0.6) is 11.5 Å². The summed E-state index contributed by atoms with van der Waals surface area (Å²) in [6, 6.07) is 9.18. The van der Waals surface area contributed by atoms with Crippen LogP contribution in [0, 0.1) is 22.7 Å². The number of phenolic OH excluding ortho intramolecular Hbond substituents is 1. The lowest BCUT2D eigenvalue weighted by Crippen LogP contribution is -2.70. The van der Waals surface area contributed by atoms with E-state index in [1.54, 1.807) is 27.0 Å². The van der Waals surface area contributed by atoms with Crippen LogP contribution in [-0.4, -0.2) is 64.4 Å². The number of rotatable bonds is 6. The van der Waals surface area contributed by atoms with Crippen LogP contribution in [0.2, 0.25) is 0 Å². The lowest BCUT2D eigenvalue weighted by Gasteiger charge is -2.60. The molecular weight excluding hydrogens is 558 g/mol. The number of ketones is 3. The number of benzene rings is 2. The number of carbonyl (C=O) groups excluding carboxylic acids is 3. The van der Waals surface area contributed by atoms with E-state index in [0.29, 0.717) is 23.4 Å². The van der Waals surface area contributed by atoms with Crippen molar-refractivity contribution >= 4 is 23.1 Å². The zero-order valence-electron chi connectivity index (χ0n) is 27.1. The second-order valence-corrected chi connectivity index (χ2v) is 14.0. The van der Waals surface area contributed by atoms with E-state index in [1.807, 2.05) is 53.1 Å². The maximum Gasteiger partial charge on any atom is 0.206 e. The average Bonchev–Trinajstić information content (AvgIpc) is 2.90. The monoisotopic (exact) mass is 601 g/mol. The molecule has 0 unspecified atom stereocenters. The van der Waals surface area contributed by atoms with Crippen LogP contribution in [0.15, 0.2) is 47.1 Å². The first-order valence-corrected chi connectivity index (χ1v) is 15.1. The number of allylic oxidation sites excluding steroid dienone is 1. The fraction of sp³-hybridized carbons (Fsp3) is 0.472. The average molecular weight is 602 g/mol. The predicted molar refractivity (Wildman–Crippen MR) is 168 cm³/mol. The van der Waals surface area contributed by atoms with Gasteiger partial charge in [-0.15, -0.1) is 0 Å². The molecule has 0 saturated heterocycles. The lowest BCUT2D eigenvalue weighted by molar-refractivity contribution is -0.180. The molecule has 2 aromatic rings. The summed E-state index contributed by atoms with van der Waals surface area (Å²) < 4.78 is 5.74. The molecule has 0 heterocycles. The van der Waals surface area contributed by atoms with Gasteiger partial charge >= 0.3 is 0 Å². The van der Waals surface area contributed by atoms with Gasteiger partial charge in [-0.1, -0.05) is 45.4 Å². The molecule has 0 aromatic heterocycles. The molecule has 3 aliphatic carbocycles. The standard InChI is InChI=1S/C36H43NO7/c1-18(2)29-19(3)27(20(4)38)32(41)36(43)33(42)30-31(40)28-24(15-34(30,5)17-35(29,36)6)22(11-12-25(28)39)23-14-21(16-37(7)8)10-13-26(23)44-9/h10-14,18,29,39-40,43H,15-17H2,1-9H3/t29-,34+,35+,36-/m1/s1. The molecule has 8 heteroatoms. The van der Waals surface area contributed by atoms with Gasteiger partial charge in [0.05, 0.1) is 18.2 Å². The van der Waals surface area contributed by atoms with E-state index in [-0.39, 0.29) is 41.2 Å². The van der Waals surface area contributed by atoms with Crippen LogP contribution in [0.4, 0.5) is 0 Å². The van der Waals surface area contributed by atoms with Gasteiger partial charge in [-0.3, -0.25) is 14.4 Å². The van der Waals surface area contributed by atoms with Crippen LogP contribution >= 0.6 is 0 Å². The molecule has 3 aliphatic rings. The highest BCUT2D eigenvalue weighted by Gasteiger charge is 2.72.